The highest BCUT2D eigenvalue weighted by molar-refractivity contribution is 7.89. The lowest BCUT2D eigenvalue weighted by atomic mass is 10.2. The van der Waals surface area contributed by atoms with Crippen molar-refractivity contribution in [3.8, 4) is 0 Å². The van der Waals surface area contributed by atoms with Gasteiger partial charge in [0.05, 0.1) is 10.7 Å². The van der Waals surface area contributed by atoms with Gasteiger partial charge in [-0.3, -0.25) is 4.79 Å². The van der Waals surface area contributed by atoms with Crippen LogP contribution in [0.2, 0.25) is 10.0 Å². The van der Waals surface area contributed by atoms with Crippen LogP contribution in [0.4, 0.5) is 10.1 Å². The van der Waals surface area contributed by atoms with E-state index in [1.54, 1.807) is 0 Å². The van der Waals surface area contributed by atoms with E-state index in [0.29, 0.717) is 10.7 Å². The number of nitrogens with one attached hydrogen (secondary N) is 1. The molecular formula is C15H13Cl2FN2O3S. The topological polar surface area (TPSA) is 66.5 Å². The Labute approximate surface area is 149 Å². The zero-order valence-electron chi connectivity index (χ0n) is 12.7. The quantitative estimate of drug-likeness (QED) is 0.866. The molecular weight excluding hydrogens is 378 g/mol. The summed E-state index contributed by atoms with van der Waals surface area (Å²) in [4.78, 5) is 11.7. The van der Waals surface area contributed by atoms with E-state index in [2.05, 4.69) is 5.32 Å². The lowest BCUT2D eigenvalue weighted by Crippen LogP contribution is -2.24. The molecule has 1 amide bonds. The largest absolute Gasteiger partial charge is 0.321 e. The van der Waals surface area contributed by atoms with E-state index in [-0.39, 0.29) is 10.6 Å². The normalized spacial score (nSPS) is 11.6. The molecule has 0 aliphatic rings. The SMILES string of the molecule is CN(C)S(=O)(=O)c1cc(C(=O)Nc2ccc(Cl)cc2Cl)ccc1F. The Morgan fingerprint density at radius 2 is 1.79 bits per heavy atom. The fraction of sp³-hybridized carbons (Fsp3) is 0.133. The van der Waals surface area contributed by atoms with Crippen LogP contribution in [0.3, 0.4) is 0 Å². The molecule has 0 aliphatic carbocycles. The molecule has 0 bridgehead atoms. The Kier molecular flexibility index (Phi) is 5.49. The molecule has 0 unspecified atom stereocenters. The summed E-state index contributed by atoms with van der Waals surface area (Å²) in [6, 6.07) is 7.58. The molecule has 0 atom stereocenters. The van der Waals surface area contributed by atoms with E-state index in [0.717, 1.165) is 16.4 Å². The molecule has 0 aliphatic heterocycles. The predicted molar refractivity (Wildman–Crippen MR) is 91.7 cm³/mol. The zero-order valence-corrected chi connectivity index (χ0v) is 15.0. The third-order valence-electron chi connectivity index (χ3n) is 3.13. The van der Waals surface area contributed by atoms with Crippen LogP contribution in [0.1, 0.15) is 10.4 Å². The van der Waals surface area contributed by atoms with Crippen LogP contribution in [-0.2, 0) is 10.0 Å². The highest BCUT2D eigenvalue weighted by Gasteiger charge is 2.23. The zero-order chi connectivity index (χ0) is 18.1. The van der Waals surface area contributed by atoms with Gasteiger partial charge < -0.3 is 5.32 Å². The molecule has 0 saturated heterocycles. The first-order valence-corrected chi connectivity index (χ1v) is 8.81. The number of hydrogen-bond acceptors (Lipinski definition) is 3. The van der Waals surface area contributed by atoms with E-state index in [4.69, 9.17) is 23.2 Å². The minimum atomic E-state index is -4.02. The summed E-state index contributed by atoms with van der Waals surface area (Å²) in [7, 11) is -1.47. The van der Waals surface area contributed by atoms with Gasteiger partial charge in [-0.15, -0.1) is 0 Å². The second-order valence-corrected chi connectivity index (χ2v) is 7.97. The first-order valence-electron chi connectivity index (χ1n) is 6.61. The van der Waals surface area contributed by atoms with Crippen LogP contribution >= 0.6 is 23.2 Å². The minimum absolute atomic E-state index is 0.0251. The average molecular weight is 391 g/mol. The molecule has 0 fully saturated rings. The second-order valence-electron chi connectivity index (χ2n) is 5.01. The van der Waals surface area contributed by atoms with Gasteiger partial charge in [-0.25, -0.2) is 17.1 Å². The maximum Gasteiger partial charge on any atom is 0.255 e. The number of sulfonamides is 1. The van der Waals surface area contributed by atoms with Crippen molar-refractivity contribution in [2.75, 3.05) is 19.4 Å². The molecule has 0 radical (unpaired) electrons. The molecule has 128 valence electrons. The summed E-state index contributed by atoms with van der Waals surface area (Å²) in [6.45, 7) is 0. The second kappa shape index (κ2) is 7.06. The lowest BCUT2D eigenvalue weighted by Gasteiger charge is -2.13. The van der Waals surface area contributed by atoms with E-state index in [1.807, 2.05) is 0 Å². The van der Waals surface area contributed by atoms with Gasteiger partial charge in [-0.2, -0.15) is 0 Å². The Morgan fingerprint density at radius 3 is 2.38 bits per heavy atom. The van der Waals surface area contributed by atoms with Crippen LogP contribution in [0.25, 0.3) is 0 Å². The van der Waals surface area contributed by atoms with Gasteiger partial charge in [0, 0.05) is 24.7 Å². The van der Waals surface area contributed by atoms with E-state index >= 15 is 0 Å². The number of rotatable bonds is 4. The molecule has 9 heteroatoms. The Morgan fingerprint density at radius 1 is 1.12 bits per heavy atom. The third-order valence-corrected chi connectivity index (χ3v) is 5.51. The highest BCUT2D eigenvalue weighted by Crippen LogP contribution is 2.26. The van der Waals surface area contributed by atoms with Gasteiger partial charge in [-0.05, 0) is 36.4 Å². The summed E-state index contributed by atoms with van der Waals surface area (Å²) < 4.78 is 38.9. The lowest BCUT2D eigenvalue weighted by molar-refractivity contribution is 0.102. The molecule has 0 heterocycles. The molecule has 24 heavy (non-hydrogen) atoms. The fourth-order valence-electron chi connectivity index (χ4n) is 1.82. The van der Waals surface area contributed by atoms with Gasteiger partial charge >= 0.3 is 0 Å². The molecule has 0 saturated carbocycles. The molecule has 1 N–H and O–H groups in total. The van der Waals surface area contributed by atoms with Crippen molar-refractivity contribution >= 4 is 44.8 Å². The van der Waals surface area contributed by atoms with Crippen LogP contribution in [0, 0.1) is 5.82 Å². The van der Waals surface area contributed by atoms with Crippen molar-refractivity contribution in [1.29, 1.82) is 0 Å². The monoisotopic (exact) mass is 390 g/mol. The Hall–Kier alpha value is -1.67. The van der Waals surface area contributed by atoms with Crippen LogP contribution in [0.5, 0.6) is 0 Å². The van der Waals surface area contributed by atoms with Crippen molar-refractivity contribution in [3.05, 3.63) is 57.8 Å². The molecule has 5 nitrogen and oxygen atoms in total. The summed E-state index contributed by atoms with van der Waals surface area (Å²) in [6.07, 6.45) is 0. The van der Waals surface area contributed by atoms with Crippen molar-refractivity contribution in [3.63, 3.8) is 0 Å². The van der Waals surface area contributed by atoms with Gasteiger partial charge in [0.2, 0.25) is 10.0 Å². The first-order chi connectivity index (χ1) is 11.1. The third kappa shape index (κ3) is 3.87. The summed E-state index contributed by atoms with van der Waals surface area (Å²) in [5.74, 6) is -1.57. The van der Waals surface area contributed by atoms with Crippen LogP contribution in [-0.4, -0.2) is 32.7 Å². The van der Waals surface area contributed by atoms with Crippen molar-refractivity contribution in [2.24, 2.45) is 0 Å². The summed E-state index contributed by atoms with van der Waals surface area (Å²) in [5, 5.41) is 3.14. The predicted octanol–water partition coefficient (Wildman–Crippen LogP) is 3.64. The smallest absolute Gasteiger partial charge is 0.255 e. The number of carbonyl (C=O) groups is 1. The Bertz CT molecular complexity index is 902. The van der Waals surface area contributed by atoms with Crippen molar-refractivity contribution in [1.82, 2.24) is 4.31 Å². The first kappa shape index (κ1) is 18.7. The van der Waals surface area contributed by atoms with Gasteiger partial charge in [0.25, 0.3) is 5.91 Å². The molecule has 0 aromatic heterocycles. The van der Waals surface area contributed by atoms with Gasteiger partial charge in [-0.1, -0.05) is 23.2 Å². The maximum absolute atomic E-state index is 13.9. The fourth-order valence-corrected chi connectivity index (χ4v) is 3.26. The molecule has 2 aromatic carbocycles. The van der Waals surface area contributed by atoms with Crippen LogP contribution < -0.4 is 5.32 Å². The number of halogens is 3. The number of hydrogen-bond donors (Lipinski definition) is 1. The Balaban J connectivity index is 2.37. The van der Waals surface area contributed by atoms with E-state index in [9.17, 15) is 17.6 Å². The van der Waals surface area contributed by atoms with Crippen molar-refractivity contribution in [2.45, 2.75) is 4.90 Å². The van der Waals surface area contributed by atoms with Crippen molar-refractivity contribution < 1.29 is 17.6 Å². The van der Waals surface area contributed by atoms with Gasteiger partial charge in [0.1, 0.15) is 10.7 Å². The summed E-state index contributed by atoms with van der Waals surface area (Å²) >= 11 is 11.7. The standard InChI is InChI=1S/C15H13Cl2FN2O3S/c1-20(2)24(22,23)14-7-9(3-5-12(14)18)15(21)19-13-6-4-10(16)8-11(13)17/h3-8H,1-2H3,(H,19,21). The number of nitrogens with zero attached hydrogens (tertiary/aromatic N) is 1. The van der Waals surface area contributed by atoms with Crippen LogP contribution in [0.15, 0.2) is 41.3 Å². The molecule has 2 aromatic rings. The van der Waals surface area contributed by atoms with E-state index in [1.165, 1.54) is 38.4 Å². The van der Waals surface area contributed by atoms with E-state index < -0.39 is 26.6 Å². The number of anilines is 1. The number of amides is 1. The number of carbonyl (C=O) groups excluding carboxylic acids is 1. The maximum atomic E-state index is 13.9. The van der Waals surface area contributed by atoms with Gasteiger partial charge in [0.15, 0.2) is 0 Å². The highest BCUT2D eigenvalue weighted by atomic mass is 35.5. The number of benzene rings is 2. The summed E-state index contributed by atoms with van der Waals surface area (Å²) in [5.41, 5.74) is 0.273. The molecule has 0 spiro atoms. The minimum Gasteiger partial charge on any atom is -0.321 e. The molecule has 2 rings (SSSR count). The average Bonchev–Trinajstić information content (AvgIpc) is 2.50.